The van der Waals surface area contributed by atoms with Crippen molar-refractivity contribution in [1.29, 1.82) is 0 Å². The van der Waals surface area contributed by atoms with E-state index < -0.39 is 0 Å². The number of benzene rings is 1. The maximum Gasteiger partial charge on any atom is 0.410 e. The number of nitrogens with one attached hydrogen (secondary N) is 1. The lowest BCUT2D eigenvalue weighted by Crippen LogP contribution is -2.51. The second-order valence-electron chi connectivity index (χ2n) is 7.37. The molecule has 1 aromatic rings. The Morgan fingerprint density at radius 3 is 2.48 bits per heavy atom. The minimum absolute atomic E-state index is 0. The summed E-state index contributed by atoms with van der Waals surface area (Å²) < 4.78 is 5.40. The van der Waals surface area contributed by atoms with Crippen LogP contribution in [0, 0.1) is 5.92 Å². The Labute approximate surface area is 167 Å². The monoisotopic (exact) mass is 395 g/mol. The highest BCUT2D eigenvalue weighted by molar-refractivity contribution is 5.85. The number of carbonyl (C=O) groups excluding carboxylic acids is 2. The fraction of sp³-hybridized carbons (Fsp3) is 0.600. The van der Waals surface area contributed by atoms with Crippen molar-refractivity contribution in [2.45, 2.75) is 38.8 Å². The Morgan fingerprint density at radius 2 is 1.81 bits per heavy atom. The third kappa shape index (κ3) is 6.40. The molecule has 27 heavy (non-hydrogen) atoms. The van der Waals surface area contributed by atoms with Crippen molar-refractivity contribution in [2.24, 2.45) is 5.92 Å². The van der Waals surface area contributed by atoms with Gasteiger partial charge in [0.1, 0.15) is 6.61 Å². The Hall–Kier alpha value is -1.79. The standard InChI is InChI=1S/C20H29N3O3.ClH/c1-16-14-23(12-9-21-16)19(24)13-17-7-10-22(11-8-17)20(25)26-15-18-5-3-2-4-6-18;/h2-6,16-17,21H,7-15H2,1H3;1H/t16-;/m1./s1. The lowest BCUT2D eigenvalue weighted by atomic mass is 9.93. The average molecular weight is 396 g/mol. The number of rotatable bonds is 4. The molecule has 3 rings (SSSR count). The van der Waals surface area contributed by atoms with Crippen LogP contribution < -0.4 is 5.32 Å². The van der Waals surface area contributed by atoms with E-state index in [-0.39, 0.29) is 24.4 Å². The number of ether oxygens (including phenoxy) is 1. The highest BCUT2D eigenvalue weighted by Crippen LogP contribution is 2.22. The molecule has 0 unspecified atom stereocenters. The smallest absolute Gasteiger partial charge is 0.410 e. The van der Waals surface area contributed by atoms with Crippen LogP contribution in [-0.4, -0.2) is 60.6 Å². The fourth-order valence-corrected chi connectivity index (χ4v) is 3.67. The highest BCUT2D eigenvalue weighted by Gasteiger charge is 2.28. The molecule has 150 valence electrons. The number of hydrogen-bond donors (Lipinski definition) is 1. The summed E-state index contributed by atoms with van der Waals surface area (Å²) in [5.41, 5.74) is 0.992. The quantitative estimate of drug-likeness (QED) is 0.851. The largest absolute Gasteiger partial charge is 0.445 e. The number of piperazine rings is 1. The van der Waals surface area contributed by atoms with Gasteiger partial charge in [-0.1, -0.05) is 30.3 Å². The number of piperidine rings is 1. The third-order valence-corrected chi connectivity index (χ3v) is 5.26. The van der Waals surface area contributed by atoms with Crippen molar-refractivity contribution < 1.29 is 14.3 Å². The first-order valence-electron chi connectivity index (χ1n) is 9.58. The summed E-state index contributed by atoms with van der Waals surface area (Å²) in [6.07, 6.45) is 2.08. The van der Waals surface area contributed by atoms with Gasteiger partial charge >= 0.3 is 6.09 Å². The van der Waals surface area contributed by atoms with Crippen LogP contribution in [0.3, 0.4) is 0 Å². The van der Waals surface area contributed by atoms with Gasteiger partial charge in [-0.25, -0.2) is 4.79 Å². The molecule has 0 radical (unpaired) electrons. The van der Waals surface area contributed by atoms with E-state index in [4.69, 9.17) is 4.74 Å². The molecule has 1 atom stereocenters. The van der Waals surface area contributed by atoms with Crippen LogP contribution in [0.15, 0.2) is 30.3 Å². The summed E-state index contributed by atoms with van der Waals surface area (Å²) in [7, 11) is 0. The first-order valence-corrected chi connectivity index (χ1v) is 9.58. The molecule has 0 spiro atoms. The average Bonchev–Trinajstić information content (AvgIpc) is 2.67. The molecule has 0 saturated carbocycles. The minimum atomic E-state index is -0.255. The van der Waals surface area contributed by atoms with Gasteiger partial charge in [0.15, 0.2) is 0 Å². The molecule has 2 aliphatic heterocycles. The predicted octanol–water partition coefficient (Wildman–Crippen LogP) is 2.67. The summed E-state index contributed by atoms with van der Waals surface area (Å²) in [6, 6.07) is 10.1. The summed E-state index contributed by atoms with van der Waals surface area (Å²) in [4.78, 5) is 28.4. The number of halogens is 1. The maximum absolute atomic E-state index is 12.5. The summed E-state index contributed by atoms with van der Waals surface area (Å²) in [6.45, 7) is 6.22. The van der Waals surface area contributed by atoms with E-state index in [1.165, 1.54) is 0 Å². The van der Waals surface area contributed by atoms with Gasteiger partial charge < -0.3 is 19.9 Å². The van der Waals surface area contributed by atoms with Crippen LogP contribution in [0.1, 0.15) is 31.7 Å². The lowest BCUT2D eigenvalue weighted by Gasteiger charge is -2.35. The Morgan fingerprint density at radius 1 is 1.11 bits per heavy atom. The SMILES string of the molecule is C[C@@H]1CN(C(=O)CC2CCN(C(=O)OCc3ccccc3)CC2)CCN1.Cl. The van der Waals surface area contributed by atoms with E-state index in [0.29, 0.717) is 38.1 Å². The summed E-state index contributed by atoms with van der Waals surface area (Å²) in [5.74, 6) is 0.620. The maximum atomic E-state index is 12.5. The molecule has 2 amide bonds. The van der Waals surface area contributed by atoms with Gasteiger partial charge in [0.25, 0.3) is 0 Å². The van der Waals surface area contributed by atoms with Gasteiger partial charge in [-0.05, 0) is 31.2 Å². The van der Waals surface area contributed by atoms with E-state index in [0.717, 1.165) is 38.0 Å². The zero-order valence-corrected chi connectivity index (χ0v) is 16.7. The third-order valence-electron chi connectivity index (χ3n) is 5.26. The van der Waals surface area contributed by atoms with Crippen LogP contribution >= 0.6 is 12.4 Å². The second-order valence-corrected chi connectivity index (χ2v) is 7.37. The van der Waals surface area contributed by atoms with Gasteiger partial charge in [0, 0.05) is 45.2 Å². The van der Waals surface area contributed by atoms with Crippen molar-refractivity contribution in [2.75, 3.05) is 32.7 Å². The molecule has 2 heterocycles. The van der Waals surface area contributed by atoms with E-state index >= 15 is 0 Å². The van der Waals surface area contributed by atoms with Gasteiger partial charge in [-0.15, -0.1) is 12.4 Å². The van der Waals surface area contributed by atoms with E-state index in [9.17, 15) is 9.59 Å². The van der Waals surface area contributed by atoms with Crippen LogP contribution in [0.5, 0.6) is 0 Å². The number of nitrogens with zero attached hydrogens (tertiary/aromatic N) is 2. The number of carbonyl (C=O) groups is 2. The molecule has 1 aromatic carbocycles. The Kier molecular flexibility index (Phi) is 8.38. The molecule has 0 aromatic heterocycles. The van der Waals surface area contributed by atoms with Gasteiger partial charge in [0.2, 0.25) is 5.91 Å². The van der Waals surface area contributed by atoms with Crippen LogP contribution in [0.25, 0.3) is 0 Å². The van der Waals surface area contributed by atoms with Crippen molar-refractivity contribution in [1.82, 2.24) is 15.1 Å². The molecule has 0 bridgehead atoms. The number of amides is 2. The van der Waals surface area contributed by atoms with Gasteiger partial charge in [-0.3, -0.25) is 4.79 Å². The zero-order valence-electron chi connectivity index (χ0n) is 15.9. The highest BCUT2D eigenvalue weighted by atomic mass is 35.5. The van der Waals surface area contributed by atoms with Crippen LogP contribution in [0.4, 0.5) is 4.79 Å². The Bertz CT molecular complexity index is 606. The molecule has 2 aliphatic rings. The van der Waals surface area contributed by atoms with Crippen LogP contribution in [0.2, 0.25) is 0 Å². The normalized spacial score (nSPS) is 20.7. The minimum Gasteiger partial charge on any atom is -0.445 e. The van der Waals surface area contributed by atoms with Crippen molar-refractivity contribution in [3.8, 4) is 0 Å². The van der Waals surface area contributed by atoms with Gasteiger partial charge in [-0.2, -0.15) is 0 Å². The van der Waals surface area contributed by atoms with E-state index in [2.05, 4.69) is 12.2 Å². The first-order chi connectivity index (χ1) is 12.6. The summed E-state index contributed by atoms with van der Waals surface area (Å²) >= 11 is 0. The van der Waals surface area contributed by atoms with E-state index in [1.807, 2.05) is 35.2 Å². The topological polar surface area (TPSA) is 61.9 Å². The number of likely N-dealkylation sites (tertiary alicyclic amines) is 1. The second kappa shape index (κ2) is 10.5. The van der Waals surface area contributed by atoms with Crippen molar-refractivity contribution in [3.63, 3.8) is 0 Å². The molecule has 7 heteroatoms. The lowest BCUT2D eigenvalue weighted by molar-refractivity contribution is -0.133. The Balaban J connectivity index is 0.00000261. The molecule has 0 aliphatic carbocycles. The molecular formula is C20H30ClN3O3. The predicted molar refractivity (Wildman–Crippen MR) is 107 cm³/mol. The van der Waals surface area contributed by atoms with Crippen molar-refractivity contribution in [3.05, 3.63) is 35.9 Å². The van der Waals surface area contributed by atoms with Crippen molar-refractivity contribution >= 4 is 24.4 Å². The molecule has 6 nitrogen and oxygen atoms in total. The first kappa shape index (κ1) is 21.5. The number of hydrogen-bond acceptors (Lipinski definition) is 4. The van der Waals surface area contributed by atoms with Gasteiger partial charge in [0.05, 0.1) is 0 Å². The van der Waals surface area contributed by atoms with Crippen LogP contribution in [-0.2, 0) is 16.1 Å². The summed E-state index contributed by atoms with van der Waals surface area (Å²) in [5, 5.41) is 3.36. The molecule has 1 N–H and O–H groups in total. The molecule has 2 saturated heterocycles. The molecular weight excluding hydrogens is 366 g/mol. The van der Waals surface area contributed by atoms with E-state index in [1.54, 1.807) is 4.90 Å². The zero-order chi connectivity index (χ0) is 18.4. The molecule has 2 fully saturated rings. The fourth-order valence-electron chi connectivity index (χ4n) is 3.67.